The lowest BCUT2D eigenvalue weighted by Gasteiger charge is -1.98. The van der Waals surface area contributed by atoms with E-state index in [1.165, 1.54) is 5.57 Å². The zero-order chi connectivity index (χ0) is 8.97. The first-order valence-corrected chi connectivity index (χ1v) is 4.31. The molecule has 1 nitrogen and oxygen atoms in total. The van der Waals surface area contributed by atoms with Crippen molar-refractivity contribution < 1.29 is 4.79 Å². The highest BCUT2D eigenvalue weighted by Gasteiger charge is 2.03. The van der Waals surface area contributed by atoms with Gasteiger partial charge in [-0.15, -0.1) is 0 Å². The standard InChI is InChI=1S/C11H14O/c1-3-10-6-4-5-7-11(8-10)9(2)12/h4-6,8H,3,7H2,1-2H3. The van der Waals surface area contributed by atoms with Crippen molar-refractivity contribution in [3.8, 4) is 0 Å². The van der Waals surface area contributed by atoms with Crippen LogP contribution in [0, 0.1) is 0 Å². The highest BCUT2D eigenvalue weighted by Crippen LogP contribution is 2.14. The van der Waals surface area contributed by atoms with Gasteiger partial charge < -0.3 is 0 Å². The molecule has 0 saturated carbocycles. The third kappa shape index (κ3) is 2.19. The van der Waals surface area contributed by atoms with Crippen LogP contribution < -0.4 is 0 Å². The van der Waals surface area contributed by atoms with Crippen molar-refractivity contribution in [2.24, 2.45) is 0 Å². The molecule has 0 heterocycles. The summed E-state index contributed by atoms with van der Waals surface area (Å²) in [6.07, 6.45) is 9.87. The largest absolute Gasteiger partial charge is 0.295 e. The van der Waals surface area contributed by atoms with Gasteiger partial charge in [-0.2, -0.15) is 0 Å². The lowest BCUT2D eigenvalue weighted by Crippen LogP contribution is -1.95. The summed E-state index contributed by atoms with van der Waals surface area (Å²) in [6, 6.07) is 0. The van der Waals surface area contributed by atoms with Crippen molar-refractivity contribution in [3.63, 3.8) is 0 Å². The lowest BCUT2D eigenvalue weighted by atomic mass is 10.1. The van der Waals surface area contributed by atoms with E-state index >= 15 is 0 Å². The number of carbonyl (C=O) groups is 1. The molecule has 1 aliphatic carbocycles. The van der Waals surface area contributed by atoms with Gasteiger partial charge >= 0.3 is 0 Å². The van der Waals surface area contributed by atoms with Crippen molar-refractivity contribution in [2.45, 2.75) is 26.7 Å². The highest BCUT2D eigenvalue weighted by molar-refractivity contribution is 5.94. The van der Waals surface area contributed by atoms with E-state index in [1.54, 1.807) is 6.92 Å². The Hall–Kier alpha value is -1.11. The number of ketones is 1. The minimum atomic E-state index is 0.181. The second kappa shape index (κ2) is 4.05. The van der Waals surface area contributed by atoms with Gasteiger partial charge in [0.15, 0.2) is 5.78 Å². The van der Waals surface area contributed by atoms with Crippen molar-refractivity contribution in [1.29, 1.82) is 0 Å². The highest BCUT2D eigenvalue weighted by atomic mass is 16.1. The third-order valence-electron chi connectivity index (χ3n) is 2.00. The molecule has 0 saturated heterocycles. The zero-order valence-electron chi connectivity index (χ0n) is 7.63. The van der Waals surface area contributed by atoms with Crippen LogP contribution in [-0.2, 0) is 4.79 Å². The summed E-state index contributed by atoms with van der Waals surface area (Å²) in [6.45, 7) is 3.72. The topological polar surface area (TPSA) is 17.1 Å². The molecule has 0 amide bonds. The van der Waals surface area contributed by atoms with Gasteiger partial charge in [0.2, 0.25) is 0 Å². The summed E-state index contributed by atoms with van der Waals surface area (Å²) >= 11 is 0. The molecule has 0 unspecified atom stereocenters. The quantitative estimate of drug-likeness (QED) is 0.610. The van der Waals surface area contributed by atoms with E-state index < -0.39 is 0 Å². The van der Waals surface area contributed by atoms with Crippen LogP contribution in [0.1, 0.15) is 26.7 Å². The summed E-state index contributed by atoms with van der Waals surface area (Å²) in [5, 5.41) is 0. The molecule has 0 N–H and O–H groups in total. The van der Waals surface area contributed by atoms with Gasteiger partial charge in [-0.25, -0.2) is 0 Å². The maximum Gasteiger partial charge on any atom is 0.156 e. The minimum absolute atomic E-state index is 0.181. The SMILES string of the molecule is CCC1=CC=CCC(C(C)=O)=C1. The van der Waals surface area contributed by atoms with E-state index in [4.69, 9.17) is 0 Å². The Morgan fingerprint density at radius 3 is 2.92 bits per heavy atom. The van der Waals surface area contributed by atoms with Crippen molar-refractivity contribution >= 4 is 5.78 Å². The Labute approximate surface area is 73.5 Å². The number of allylic oxidation sites excluding steroid dienone is 6. The molecule has 12 heavy (non-hydrogen) atoms. The Bertz CT molecular complexity index is 267. The molecule has 0 aromatic carbocycles. The first kappa shape index (κ1) is 8.98. The summed E-state index contributed by atoms with van der Waals surface area (Å²) < 4.78 is 0. The van der Waals surface area contributed by atoms with Crippen LogP contribution in [0.25, 0.3) is 0 Å². The molecule has 0 aromatic heterocycles. The van der Waals surface area contributed by atoms with Crippen LogP contribution in [0.3, 0.4) is 0 Å². The van der Waals surface area contributed by atoms with E-state index in [0.717, 1.165) is 18.4 Å². The normalized spacial score (nSPS) is 16.5. The van der Waals surface area contributed by atoms with Gasteiger partial charge in [0.25, 0.3) is 0 Å². The number of hydrogen-bond donors (Lipinski definition) is 0. The molecule has 1 rings (SSSR count). The van der Waals surface area contributed by atoms with Gasteiger partial charge in [0.1, 0.15) is 0 Å². The fourth-order valence-electron chi connectivity index (χ4n) is 1.18. The van der Waals surface area contributed by atoms with Crippen LogP contribution in [0.4, 0.5) is 0 Å². The molecule has 64 valence electrons. The number of rotatable bonds is 2. The second-order valence-electron chi connectivity index (χ2n) is 2.95. The molecular formula is C11H14O. The summed E-state index contributed by atoms with van der Waals surface area (Å²) in [7, 11) is 0. The molecule has 1 aliphatic rings. The number of hydrogen-bond acceptors (Lipinski definition) is 1. The van der Waals surface area contributed by atoms with Crippen LogP contribution in [-0.4, -0.2) is 5.78 Å². The first-order chi connectivity index (χ1) is 5.74. The zero-order valence-corrected chi connectivity index (χ0v) is 7.63. The van der Waals surface area contributed by atoms with Gasteiger partial charge in [-0.1, -0.05) is 31.2 Å². The van der Waals surface area contributed by atoms with Crippen LogP contribution in [0.2, 0.25) is 0 Å². The van der Waals surface area contributed by atoms with Crippen molar-refractivity contribution in [3.05, 3.63) is 35.5 Å². The Kier molecular flexibility index (Phi) is 3.03. The molecule has 0 fully saturated rings. The fourth-order valence-corrected chi connectivity index (χ4v) is 1.18. The molecule has 0 aliphatic heterocycles. The fraction of sp³-hybridized carbons (Fsp3) is 0.364. The van der Waals surface area contributed by atoms with E-state index in [9.17, 15) is 4.79 Å². The molecular weight excluding hydrogens is 148 g/mol. The van der Waals surface area contributed by atoms with Gasteiger partial charge in [-0.05, 0) is 30.9 Å². The summed E-state index contributed by atoms with van der Waals surface area (Å²) in [5.74, 6) is 0.181. The maximum absolute atomic E-state index is 11.1. The number of carbonyl (C=O) groups excluding carboxylic acids is 1. The predicted octanol–water partition coefficient (Wildman–Crippen LogP) is 2.80. The van der Waals surface area contributed by atoms with Gasteiger partial charge in [0.05, 0.1) is 0 Å². The second-order valence-corrected chi connectivity index (χ2v) is 2.95. The van der Waals surface area contributed by atoms with Crippen molar-refractivity contribution in [1.82, 2.24) is 0 Å². The first-order valence-electron chi connectivity index (χ1n) is 4.31. The minimum Gasteiger partial charge on any atom is -0.295 e. The monoisotopic (exact) mass is 162 g/mol. The van der Waals surface area contributed by atoms with Gasteiger partial charge in [0, 0.05) is 0 Å². The molecule has 0 spiro atoms. The third-order valence-corrected chi connectivity index (χ3v) is 2.00. The van der Waals surface area contributed by atoms with Gasteiger partial charge in [-0.3, -0.25) is 4.79 Å². The van der Waals surface area contributed by atoms with E-state index in [0.29, 0.717) is 0 Å². The molecule has 0 atom stereocenters. The molecule has 0 bridgehead atoms. The maximum atomic E-state index is 11.1. The molecule has 1 heteroatoms. The smallest absolute Gasteiger partial charge is 0.156 e. The van der Waals surface area contributed by atoms with Crippen LogP contribution in [0.15, 0.2) is 35.5 Å². The van der Waals surface area contributed by atoms with Crippen LogP contribution in [0.5, 0.6) is 0 Å². The van der Waals surface area contributed by atoms with E-state index in [1.807, 2.05) is 18.2 Å². The van der Waals surface area contributed by atoms with Crippen LogP contribution >= 0.6 is 0 Å². The predicted molar refractivity (Wildman–Crippen MR) is 50.9 cm³/mol. The Morgan fingerprint density at radius 1 is 1.58 bits per heavy atom. The van der Waals surface area contributed by atoms with E-state index in [2.05, 4.69) is 13.0 Å². The number of Topliss-reactive ketones (excluding diaryl/α,β-unsaturated/α-hetero) is 1. The average Bonchev–Trinajstić information content (AvgIpc) is 2.28. The summed E-state index contributed by atoms with van der Waals surface area (Å²) in [5.41, 5.74) is 2.14. The Balaban J connectivity index is 2.90. The molecule has 0 radical (unpaired) electrons. The van der Waals surface area contributed by atoms with Crippen molar-refractivity contribution in [2.75, 3.05) is 0 Å². The lowest BCUT2D eigenvalue weighted by molar-refractivity contribution is -0.113. The summed E-state index contributed by atoms with van der Waals surface area (Å²) in [4.78, 5) is 11.1. The van der Waals surface area contributed by atoms with E-state index in [-0.39, 0.29) is 5.78 Å². The average molecular weight is 162 g/mol. The Morgan fingerprint density at radius 2 is 2.33 bits per heavy atom. The molecule has 0 aromatic rings.